The summed E-state index contributed by atoms with van der Waals surface area (Å²) < 4.78 is 0. The molecule has 0 radical (unpaired) electrons. The van der Waals surface area contributed by atoms with Gasteiger partial charge in [-0.15, -0.1) is 0 Å². The van der Waals surface area contributed by atoms with Crippen LogP contribution in [-0.2, 0) is 9.59 Å². The number of carboxylic acids is 2. The number of nitrogens with two attached hydrogens (primary N) is 1. The van der Waals surface area contributed by atoms with Crippen LogP contribution < -0.4 is 5.73 Å². The molecule has 0 aliphatic rings. The van der Waals surface area contributed by atoms with Crippen LogP contribution in [0.25, 0.3) is 0 Å². The fourth-order valence-electron chi connectivity index (χ4n) is 0.916. The Hall–Kier alpha value is -1.10. The van der Waals surface area contributed by atoms with E-state index >= 15 is 0 Å². The lowest BCUT2D eigenvalue weighted by Gasteiger charge is -2.11. The first-order valence-electron chi connectivity index (χ1n) is 3.63. The summed E-state index contributed by atoms with van der Waals surface area (Å²) in [6.07, 6.45) is 0.155. The molecule has 0 amide bonds. The molecule has 0 saturated heterocycles. The van der Waals surface area contributed by atoms with Crippen molar-refractivity contribution in [3.63, 3.8) is 0 Å². The van der Waals surface area contributed by atoms with Gasteiger partial charge in [0.05, 0.1) is 0 Å². The van der Waals surface area contributed by atoms with E-state index in [1.165, 1.54) is 0 Å². The van der Waals surface area contributed by atoms with Gasteiger partial charge < -0.3 is 15.9 Å². The molecule has 0 saturated carbocycles. The summed E-state index contributed by atoms with van der Waals surface area (Å²) in [5, 5.41) is 16.7. The third kappa shape index (κ3) is 4.68. The van der Waals surface area contributed by atoms with E-state index < -0.39 is 18.0 Å². The maximum atomic E-state index is 10.2. The number of hydrogen-bond donors (Lipinski definition) is 3. The van der Waals surface area contributed by atoms with Crippen molar-refractivity contribution < 1.29 is 19.8 Å². The molecule has 0 aromatic carbocycles. The van der Waals surface area contributed by atoms with Gasteiger partial charge in [0, 0.05) is 6.42 Å². The molecule has 0 aliphatic carbocycles. The molecule has 70 valence electrons. The summed E-state index contributed by atoms with van der Waals surface area (Å²) in [5.41, 5.74) is 5.20. The number of hydrogen-bond acceptors (Lipinski definition) is 3. The summed E-state index contributed by atoms with van der Waals surface area (Å²) >= 11 is 0. The maximum Gasteiger partial charge on any atom is 0.320 e. The van der Waals surface area contributed by atoms with Crippen molar-refractivity contribution >= 4 is 11.9 Å². The molecule has 0 aromatic heterocycles. The first-order chi connectivity index (χ1) is 5.43. The number of rotatable bonds is 5. The highest BCUT2D eigenvalue weighted by Crippen LogP contribution is 2.09. The van der Waals surface area contributed by atoms with Gasteiger partial charge in [-0.1, -0.05) is 6.92 Å². The van der Waals surface area contributed by atoms with E-state index in [1.807, 2.05) is 0 Å². The van der Waals surface area contributed by atoms with Crippen LogP contribution in [0.15, 0.2) is 0 Å². The van der Waals surface area contributed by atoms with Crippen molar-refractivity contribution in [2.24, 2.45) is 11.7 Å². The Bertz CT molecular complexity index is 180. The molecule has 4 N–H and O–H groups in total. The zero-order valence-corrected chi connectivity index (χ0v) is 6.86. The summed E-state index contributed by atoms with van der Waals surface area (Å²) in [4.78, 5) is 20.4. The van der Waals surface area contributed by atoms with Gasteiger partial charge in [-0.25, -0.2) is 0 Å². The number of carboxylic acid groups (broad SMARTS) is 2. The van der Waals surface area contributed by atoms with Crippen molar-refractivity contribution in [3.05, 3.63) is 0 Å². The normalized spacial score (nSPS) is 15.2. The van der Waals surface area contributed by atoms with Gasteiger partial charge in [0.1, 0.15) is 6.04 Å². The smallest absolute Gasteiger partial charge is 0.320 e. The molecule has 0 rings (SSSR count). The lowest BCUT2D eigenvalue weighted by atomic mass is 9.99. The average molecular weight is 175 g/mol. The molecule has 5 heteroatoms. The molecule has 2 atom stereocenters. The molecule has 0 fully saturated rings. The van der Waals surface area contributed by atoms with Crippen LogP contribution in [0, 0.1) is 5.92 Å². The highest BCUT2D eigenvalue weighted by molar-refractivity contribution is 5.73. The first kappa shape index (κ1) is 10.9. The van der Waals surface area contributed by atoms with Crippen LogP contribution >= 0.6 is 0 Å². The summed E-state index contributed by atoms with van der Waals surface area (Å²) in [6, 6.07) is -0.959. The monoisotopic (exact) mass is 175 g/mol. The molecule has 0 aliphatic heterocycles. The molecule has 0 spiro atoms. The van der Waals surface area contributed by atoms with Crippen molar-refractivity contribution in [2.45, 2.75) is 25.8 Å². The topological polar surface area (TPSA) is 101 Å². The summed E-state index contributed by atoms with van der Waals surface area (Å²) in [6.45, 7) is 1.66. The van der Waals surface area contributed by atoms with E-state index in [1.54, 1.807) is 6.92 Å². The summed E-state index contributed by atoms with van der Waals surface area (Å²) in [7, 11) is 0. The maximum absolute atomic E-state index is 10.2. The second-order valence-electron chi connectivity index (χ2n) is 2.88. The fourth-order valence-corrected chi connectivity index (χ4v) is 0.916. The van der Waals surface area contributed by atoms with Gasteiger partial charge in [-0.2, -0.15) is 0 Å². The van der Waals surface area contributed by atoms with E-state index in [0.29, 0.717) is 0 Å². The fraction of sp³-hybridized carbons (Fsp3) is 0.714. The lowest BCUT2D eigenvalue weighted by molar-refractivity contribution is -0.141. The zero-order chi connectivity index (χ0) is 9.72. The molecule has 0 aromatic rings. The van der Waals surface area contributed by atoms with Gasteiger partial charge in [0.15, 0.2) is 0 Å². The Balaban J connectivity index is 3.76. The van der Waals surface area contributed by atoms with Gasteiger partial charge in [-0.05, 0) is 12.3 Å². The Kier molecular flexibility index (Phi) is 4.28. The van der Waals surface area contributed by atoms with E-state index in [-0.39, 0.29) is 18.8 Å². The standard InChI is InChI=1S/C7H13NO4/c1-4(3-6(9)10)2-5(8)7(11)12/h4-5H,2-3,8H2,1H3,(H,9,10)(H,11,12)/t4-,5+/m0/s1. The second-order valence-corrected chi connectivity index (χ2v) is 2.88. The first-order valence-corrected chi connectivity index (χ1v) is 3.63. The molecule has 12 heavy (non-hydrogen) atoms. The van der Waals surface area contributed by atoms with Gasteiger partial charge in [0.2, 0.25) is 0 Å². The predicted molar refractivity (Wildman–Crippen MR) is 41.6 cm³/mol. The van der Waals surface area contributed by atoms with Gasteiger partial charge in [0.25, 0.3) is 0 Å². The highest BCUT2D eigenvalue weighted by Gasteiger charge is 2.17. The summed E-state index contributed by atoms with van der Waals surface area (Å²) in [5.74, 6) is -2.22. The van der Waals surface area contributed by atoms with Gasteiger partial charge in [-0.3, -0.25) is 9.59 Å². The predicted octanol–water partition coefficient (Wildman–Crippen LogP) is -0.101. The van der Waals surface area contributed by atoms with Crippen molar-refractivity contribution in [1.82, 2.24) is 0 Å². The minimum atomic E-state index is -1.09. The third-order valence-electron chi connectivity index (χ3n) is 1.50. The van der Waals surface area contributed by atoms with Crippen LogP contribution in [0.2, 0.25) is 0 Å². The Morgan fingerprint density at radius 2 is 1.92 bits per heavy atom. The molecule has 0 unspecified atom stereocenters. The van der Waals surface area contributed by atoms with Crippen LogP contribution in [-0.4, -0.2) is 28.2 Å². The van der Waals surface area contributed by atoms with E-state index in [4.69, 9.17) is 15.9 Å². The molecule has 0 bridgehead atoms. The minimum Gasteiger partial charge on any atom is -0.481 e. The quantitative estimate of drug-likeness (QED) is 0.541. The van der Waals surface area contributed by atoms with E-state index in [2.05, 4.69) is 0 Å². The van der Waals surface area contributed by atoms with Crippen LogP contribution in [0.5, 0.6) is 0 Å². The van der Waals surface area contributed by atoms with Gasteiger partial charge >= 0.3 is 11.9 Å². The van der Waals surface area contributed by atoms with E-state index in [9.17, 15) is 9.59 Å². The number of aliphatic carboxylic acids is 2. The van der Waals surface area contributed by atoms with Crippen molar-refractivity contribution in [2.75, 3.05) is 0 Å². The molecule has 0 heterocycles. The lowest BCUT2D eigenvalue weighted by Crippen LogP contribution is -2.32. The molecule has 5 nitrogen and oxygen atoms in total. The van der Waals surface area contributed by atoms with Crippen molar-refractivity contribution in [3.8, 4) is 0 Å². The highest BCUT2D eigenvalue weighted by atomic mass is 16.4. The molecular weight excluding hydrogens is 162 g/mol. The van der Waals surface area contributed by atoms with Crippen LogP contribution in [0.3, 0.4) is 0 Å². The zero-order valence-electron chi connectivity index (χ0n) is 6.86. The Labute approximate surface area is 70.2 Å². The average Bonchev–Trinajstić information content (AvgIpc) is 1.84. The Morgan fingerprint density at radius 3 is 2.25 bits per heavy atom. The SMILES string of the molecule is C[C@H](CC(=O)O)C[C@@H](N)C(=O)O. The van der Waals surface area contributed by atoms with E-state index in [0.717, 1.165) is 0 Å². The second kappa shape index (κ2) is 4.71. The largest absolute Gasteiger partial charge is 0.481 e. The Morgan fingerprint density at radius 1 is 1.42 bits per heavy atom. The van der Waals surface area contributed by atoms with Crippen LogP contribution in [0.1, 0.15) is 19.8 Å². The van der Waals surface area contributed by atoms with Crippen molar-refractivity contribution in [1.29, 1.82) is 0 Å². The number of carbonyl (C=O) groups is 2. The third-order valence-corrected chi connectivity index (χ3v) is 1.50. The van der Waals surface area contributed by atoms with Crippen LogP contribution in [0.4, 0.5) is 0 Å². The minimum absolute atomic E-state index is 0.0407. The molecular formula is C7H13NO4.